The zero-order valence-corrected chi connectivity index (χ0v) is 20.8. The first-order chi connectivity index (χ1) is 18.3. The molecule has 1 aromatic heterocycles. The topological polar surface area (TPSA) is 88.6 Å². The summed E-state index contributed by atoms with van der Waals surface area (Å²) in [6.45, 7) is 4.45. The fourth-order valence-corrected chi connectivity index (χ4v) is 4.56. The van der Waals surface area contributed by atoms with Crippen LogP contribution < -0.4 is 15.4 Å². The molecule has 2 aliphatic rings. The van der Waals surface area contributed by atoms with Crippen molar-refractivity contribution < 1.29 is 27.4 Å². The minimum absolute atomic E-state index is 0.126. The number of carbonyl (C=O) groups excluding carboxylic acids is 1. The van der Waals surface area contributed by atoms with Crippen molar-refractivity contribution in [3.05, 3.63) is 71.2 Å². The van der Waals surface area contributed by atoms with Crippen LogP contribution in [-0.2, 0) is 10.9 Å². The first-order valence-corrected chi connectivity index (χ1v) is 12.5. The van der Waals surface area contributed by atoms with Crippen LogP contribution in [0.5, 0.6) is 11.5 Å². The van der Waals surface area contributed by atoms with Crippen LogP contribution in [0.2, 0.25) is 0 Å². The van der Waals surface area contributed by atoms with Gasteiger partial charge in [0.15, 0.2) is 0 Å². The van der Waals surface area contributed by atoms with Gasteiger partial charge in [-0.3, -0.25) is 4.79 Å². The SMILES string of the molecule is Cc1ncc2c(n1)NCCCC2Nc1ccc(Oc2ccc(C(F)(F)F)cc2)cc1C(=O)N1CCOCC1. The summed E-state index contributed by atoms with van der Waals surface area (Å²) in [6.07, 6.45) is -0.922. The molecule has 0 radical (unpaired) electrons. The Labute approximate surface area is 218 Å². The highest BCUT2D eigenvalue weighted by Gasteiger charge is 2.30. The normalized spacial score (nSPS) is 17.7. The van der Waals surface area contributed by atoms with Gasteiger partial charge in [0.05, 0.1) is 30.4 Å². The third kappa shape index (κ3) is 5.83. The second kappa shape index (κ2) is 10.9. The van der Waals surface area contributed by atoms with Crippen molar-refractivity contribution in [3.63, 3.8) is 0 Å². The maximum absolute atomic E-state index is 13.6. The van der Waals surface area contributed by atoms with Crippen molar-refractivity contribution in [3.8, 4) is 11.5 Å². The van der Waals surface area contributed by atoms with Crippen LogP contribution in [0.1, 0.15) is 46.2 Å². The maximum atomic E-state index is 13.6. The number of carbonyl (C=O) groups is 1. The zero-order valence-electron chi connectivity index (χ0n) is 20.8. The average Bonchev–Trinajstić information content (AvgIpc) is 3.11. The van der Waals surface area contributed by atoms with Crippen molar-refractivity contribution in [2.45, 2.75) is 32.0 Å². The quantitative estimate of drug-likeness (QED) is 0.458. The van der Waals surface area contributed by atoms with Gasteiger partial charge in [-0.15, -0.1) is 0 Å². The summed E-state index contributed by atoms with van der Waals surface area (Å²) >= 11 is 0. The molecule has 200 valence electrons. The van der Waals surface area contributed by atoms with E-state index < -0.39 is 11.7 Å². The van der Waals surface area contributed by atoms with E-state index in [0.717, 1.165) is 42.9 Å². The number of benzene rings is 2. The molecule has 3 heterocycles. The van der Waals surface area contributed by atoms with E-state index in [9.17, 15) is 18.0 Å². The second-order valence-corrected chi connectivity index (χ2v) is 9.22. The van der Waals surface area contributed by atoms with Crippen LogP contribution in [0, 0.1) is 6.92 Å². The second-order valence-electron chi connectivity index (χ2n) is 9.22. The van der Waals surface area contributed by atoms with Gasteiger partial charge in [-0.05, 0) is 62.2 Å². The number of aromatic nitrogens is 2. The summed E-state index contributed by atoms with van der Waals surface area (Å²) in [4.78, 5) is 24.2. The molecule has 0 bridgehead atoms. The number of halogens is 3. The third-order valence-corrected chi connectivity index (χ3v) is 6.54. The van der Waals surface area contributed by atoms with E-state index in [0.29, 0.717) is 49.1 Å². The molecule has 0 spiro atoms. The molecular formula is C27H28F3N5O3. The summed E-state index contributed by atoms with van der Waals surface area (Å²) in [7, 11) is 0. The first kappa shape index (κ1) is 25.8. The van der Waals surface area contributed by atoms with Gasteiger partial charge in [-0.1, -0.05) is 0 Å². The molecule has 3 aromatic rings. The number of fused-ring (bicyclic) bond motifs is 1. The lowest BCUT2D eigenvalue weighted by molar-refractivity contribution is -0.137. The standard InChI is InChI=1S/C27H28F3N5O3/c1-17-32-16-22-23(3-2-10-31-25(22)33-17)34-24-9-8-20(15-21(24)26(36)35-11-13-37-14-12-35)38-19-6-4-18(5-7-19)27(28,29)30/h4-9,15-16,23,34H,2-3,10-14H2,1H3,(H,31,32,33). The Kier molecular flexibility index (Phi) is 7.37. The van der Waals surface area contributed by atoms with E-state index >= 15 is 0 Å². The molecule has 1 fully saturated rings. The minimum atomic E-state index is -4.43. The number of anilines is 2. The van der Waals surface area contributed by atoms with E-state index in [2.05, 4.69) is 20.6 Å². The van der Waals surface area contributed by atoms with Crippen LogP contribution in [-0.4, -0.2) is 53.6 Å². The molecule has 0 saturated carbocycles. The number of nitrogens with zero attached hydrogens (tertiary/aromatic N) is 3. The molecule has 1 amide bonds. The Balaban J connectivity index is 1.45. The van der Waals surface area contributed by atoms with Crippen molar-refractivity contribution >= 4 is 17.4 Å². The molecule has 11 heteroatoms. The molecule has 0 aliphatic carbocycles. The van der Waals surface area contributed by atoms with Crippen molar-refractivity contribution in [1.82, 2.24) is 14.9 Å². The Morgan fingerprint density at radius 2 is 1.87 bits per heavy atom. The summed E-state index contributed by atoms with van der Waals surface area (Å²) < 4.78 is 50.0. The predicted molar refractivity (Wildman–Crippen MR) is 136 cm³/mol. The largest absolute Gasteiger partial charge is 0.457 e. The molecule has 1 atom stereocenters. The summed E-state index contributed by atoms with van der Waals surface area (Å²) in [5.74, 6) is 1.84. The molecule has 2 aliphatic heterocycles. The van der Waals surface area contributed by atoms with Gasteiger partial charge in [-0.2, -0.15) is 13.2 Å². The van der Waals surface area contributed by atoms with E-state index in [4.69, 9.17) is 9.47 Å². The van der Waals surface area contributed by atoms with Crippen LogP contribution in [0.25, 0.3) is 0 Å². The maximum Gasteiger partial charge on any atom is 0.416 e. The highest BCUT2D eigenvalue weighted by Crippen LogP contribution is 2.35. The Morgan fingerprint density at radius 3 is 2.61 bits per heavy atom. The number of nitrogens with one attached hydrogen (secondary N) is 2. The number of aryl methyl sites for hydroxylation is 1. The van der Waals surface area contributed by atoms with E-state index in [1.54, 1.807) is 29.3 Å². The molecule has 1 unspecified atom stereocenters. The summed E-state index contributed by atoms with van der Waals surface area (Å²) in [6, 6.07) is 9.40. The highest BCUT2D eigenvalue weighted by molar-refractivity contribution is 6.00. The molecule has 8 nitrogen and oxygen atoms in total. The predicted octanol–water partition coefficient (Wildman–Crippen LogP) is 5.43. The Hall–Kier alpha value is -3.86. The smallest absolute Gasteiger partial charge is 0.416 e. The van der Waals surface area contributed by atoms with Crippen molar-refractivity contribution in [2.75, 3.05) is 43.5 Å². The zero-order chi connectivity index (χ0) is 26.7. The van der Waals surface area contributed by atoms with Gasteiger partial charge in [0.2, 0.25) is 0 Å². The highest BCUT2D eigenvalue weighted by atomic mass is 19.4. The van der Waals surface area contributed by atoms with Crippen LogP contribution in [0.4, 0.5) is 24.7 Å². The molecule has 1 saturated heterocycles. The molecule has 38 heavy (non-hydrogen) atoms. The lowest BCUT2D eigenvalue weighted by Gasteiger charge is -2.28. The van der Waals surface area contributed by atoms with Crippen LogP contribution >= 0.6 is 0 Å². The molecular weight excluding hydrogens is 499 g/mol. The van der Waals surface area contributed by atoms with Gasteiger partial charge >= 0.3 is 6.18 Å². The summed E-state index contributed by atoms with van der Waals surface area (Å²) in [5, 5.41) is 6.87. The minimum Gasteiger partial charge on any atom is -0.457 e. The summed E-state index contributed by atoms with van der Waals surface area (Å²) in [5.41, 5.74) is 1.19. The lowest BCUT2D eigenvalue weighted by Crippen LogP contribution is -2.41. The van der Waals surface area contributed by atoms with Gasteiger partial charge < -0.3 is 25.0 Å². The first-order valence-electron chi connectivity index (χ1n) is 12.5. The number of ether oxygens (including phenoxy) is 2. The number of rotatable bonds is 5. The number of alkyl halides is 3. The van der Waals surface area contributed by atoms with E-state index in [1.165, 1.54) is 12.1 Å². The Morgan fingerprint density at radius 1 is 1.13 bits per heavy atom. The van der Waals surface area contributed by atoms with Crippen LogP contribution in [0.15, 0.2) is 48.7 Å². The Bertz CT molecular complexity index is 1290. The molecule has 5 rings (SSSR count). The average molecular weight is 528 g/mol. The van der Waals surface area contributed by atoms with E-state index in [-0.39, 0.29) is 17.7 Å². The van der Waals surface area contributed by atoms with Gasteiger partial charge in [0, 0.05) is 37.1 Å². The van der Waals surface area contributed by atoms with E-state index in [1.807, 2.05) is 6.92 Å². The fraction of sp³-hybridized carbons (Fsp3) is 0.370. The van der Waals surface area contributed by atoms with Crippen LogP contribution in [0.3, 0.4) is 0 Å². The number of hydrogen-bond acceptors (Lipinski definition) is 7. The number of hydrogen-bond donors (Lipinski definition) is 2. The van der Waals surface area contributed by atoms with Crippen molar-refractivity contribution in [2.24, 2.45) is 0 Å². The lowest BCUT2D eigenvalue weighted by atomic mass is 10.0. The van der Waals surface area contributed by atoms with Gasteiger partial charge in [0.25, 0.3) is 5.91 Å². The third-order valence-electron chi connectivity index (χ3n) is 6.54. The van der Waals surface area contributed by atoms with Crippen molar-refractivity contribution in [1.29, 1.82) is 0 Å². The van der Waals surface area contributed by atoms with Gasteiger partial charge in [-0.25, -0.2) is 9.97 Å². The number of amides is 1. The monoisotopic (exact) mass is 527 g/mol. The van der Waals surface area contributed by atoms with Gasteiger partial charge in [0.1, 0.15) is 23.1 Å². The fourth-order valence-electron chi connectivity index (χ4n) is 4.56. The molecule has 2 N–H and O–H groups in total. The molecule has 2 aromatic carbocycles. The number of morpholine rings is 1.